The third-order valence-electron chi connectivity index (χ3n) is 5.30. The van der Waals surface area contributed by atoms with Gasteiger partial charge < -0.3 is 9.84 Å². The fraction of sp³-hybridized carbons (Fsp3) is 0.615. The number of hydrogen-bond donors (Lipinski definition) is 1. The van der Waals surface area contributed by atoms with Gasteiger partial charge in [-0.25, -0.2) is 0 Å². The molecule has 1 N–H and O–H groups in total. The summed E-state index contributed by atoms with van der Waals surface area (Å²) in [6, 6.07) is 8.39. The van der Waals surface area contributed by atoms with Crippen molar-refractivity contribution in [1.29, 1.82) is 0 Å². The number of allylic oxidation sites excluding steroid dienone is 1. The van der Waals surface area contributed by atoms with Crippen LogP contribution in [-0.4, -0.2) is 23.1 Å². The predicted octanol–water partition coefficient (Wildman–Crippen LogP) is 6.66. The van der Waals surface area contributed by atoms with Gasteiger partial charge in [0, 0.05) is 13.3 Å². The summed E-state index contributed by atoms with van der Waals surface area (Å²) in [6.45, 7) is 3.70. The quantitative estimate of drug-likeness (QED) is 0.175. The van der Waals surface area contributed by atoms with E-state index in [4.69, 9.17) is 9.84 Å². The van der Waals surface area contributed by atoms with Crippen LogP contribution in [0.3, 0.4) is 0 Å². The molecule has 30 heavy (non-hydrogen) atoms. The highest BCUT2D eigenvalue weighted by atomic mass is 16.5. The summed E-state index contributed by atoms with van der Waals surface area (Å²) in [5.41, 5.74) is 2.62. The second-order valence-electron chi connectivity index (χ2n) is 8.04. The molecule has 1 atom stereocenters. The van der Waals surface area contributed by atoms with E-state index in [0.29, 0.717) is 6.42 Å². The van der Waals surface area contributed by atoms with E-state index in [2.05, 4.69) is 31.2 Å². The maximum absolute atomic E-state index is 11.4. The molecule has 0 saturated carbocycles. The Bertz CT molecular complexity index is 636. The van der Waals surface area contributed by atoms with Crippen molar-refractivity contribution in [2.24, 2.45) is 0 Å². The first kappa shape index (κ1) is 25.9. The van der Waals surface area contributed by atoms with Gasteiger partial charge in [-0.2, -0.15) is 0 Å². The molecule has 0 aliphatic rings. The van der Waals surface area contributed by atoms with E-state index in [0.717, 1.165) is 38.5 Å². The first-order chi connectivity index (χ1) is 14.5. The predicted molar refractivity (Wildman–Crippen MR) is 123 cm³/mol. The number of ether oxygens (including phenoxy) is 1. The van der Waals surface area contributed by atoms with Crippen LogP contribution in [0.4, 0.5) is 0 Å². The lowest BCUT2D eigenvalue weighted by Gasteiger charge is -2.13. The summed E-state index contributed by atoms with van der Waals surface area (Å²) in [6.07, 6.45) is 16.9. The molecule has 0 saturated heterocycles. The van der Waals surface area contributed by atoms with Gasteiger partial charge in [-0.15, -0.1) is 0 Å². The smallest absolute Gasteiger partial charge is 0.303 e. The summed E-state index contributed by atoms with van der Waals surface area (Å²) in [4.78, 5) is 22.1. The summed E-state index contributed by atoms with van der Waals surface area (Å²) < 4.78 is 5.47. The van der Waals surface area contributed by atoms with Crippen molar-refractivity contribution < 1.29 is 19.4 Å². The summed E-state index contributed by atoms with van der Waals surface area (Å²) in [7, 11) is 0. The lowest BCUT2D eigenvalue weighted by Crippen LogP contribution is -2.13. The molecule has 1 aromatic carbocycles. The molecule has 4 heteroatoms. The molecular formula is C26H40O4. The van der Waals surface area contributed by atoms with Gasteiger partial charge in [0.05, 0.1) is 0 Å². The number of benzene rings is 1. The average Bonchev–Trinajstić information content (AvgIpc) is 2.71. The zero-order chi connectivity index (χ0) is 22.0. The number of unbranched alkanes of at least 4 members (excludes halogenated alkanes) is 6. The molecule has 1 rings (SSSR count). The molecule has 0 aliphatic heterocycles. The minimum absolute atomic E-state index is 0.125. The van der Waals surface area contributed by atoms with E-state index in [-0.39, 0.29) is 18.5 Å². The molecule has 168 valence electrons. The van der Waals surface area contributed by atoms with Gasteiger partial charge in [0.25, 0.3) is 0 Å². The topological polar surface area (TPSA) is 63.6 Å². The van der Waals surface area contributed by atoms with E-state index < -0.39 is 5.97 Å². The van der Waals surface area contributed by atoms with Crippen molar-refractivity contribution in [1.82, 2.24) is 0 Å². The number of hydrogen-bond acceptors (Lipinski definition) is 3. The van der Waals surface area contributed by atoms with Gasteiger partial charge >= 0.3 is 11.9 Å². The molecule has 0 amide bonds. The van der Waals surface area contributed by atoms with Gasteiger partial charge in [-0.05, 0) is 62.1 Å². The van der Waals surface area contributed by atoms with Crippen molar-refractivity contribution in [2.75, 3.05) is 0 Å². The highest BCUT2D eigenvalue weighted by molar-refractivity contribution is 5.66. The van der Waals surface area contributed by atoms with Crippen LogP contribution in [0.1, 0.15) is 95.6 Å². The van der Waals surface area contributed by atoms with Gasteiger partial charge in [0.15, 0.2) is 0 Å². The van der Waals surface area contributed by atoms with Crippen LogP contribution in [0, 0.1) is 0 Å². The fourth-order valence-corrected chi connectivity index (χ4v) is 3.66. The van der Waals surface area contributed by atoms with Crippen LogP contribution in [0.2, 0.25) is 0 Å². The van der Waals surface area contributed by atoms with Crippen molar-refractivity contribution in [2.45, 2.75) is 103 Å². The Morgan fingerprint density at radius 2 is 1.63 bits per heavy atom. The molecule has 0 bridgehead atoms. The van der Waals surface area contributed by atoms with Crippen LogP contribution >= 0.6 is 0 Å². The molecule has 4 nitrogen and oxygen atoms in total. The van der Waals surface area contributed by atoms with Crippen LogP contribution in [0.15, 0.2) is 36.4 Å². The molecule has 0 spiro atoms. The van der Waals surface area contributed by atoms with Crippen LogP contribution < -0.4 is 0 Å². The zero-order valence-electron chi connectivity index (χ0n) is 18.9. The fourth-order valence-electron chi connectivity index (χ4n) is 3.66. The van der Waals surface area contributed by atoms with Crippen molar-refractivity contribution >= 4 is 11.9 Å². The Morgan fingerprint density at radius 1 is 0.967 bits per heavy atom. The number of aryl methyl sites for hydroxylation is 2. The zero-order valence-corrected chi connectivity index (χ0v) is 18.9. The number of carboxylic acid groups (broad SMARTS) is 1. The molecule has 1 unspecified atom stereocenters. The van der Waals surface area contributed by atoms with Crippen molar-refractivity contribution in [3.63, 3.8) is 0 Å². The second-order valence-corrected chi connectivity index (χ2v) is 8.04. The van der Waals surface area contributed by atoms with E-state index in [1.54, 1.807) is 0 Å². The number of carboxylic acids is 1. The number of carbonyl (C=O) groups excluding carboxylic acids is 1. The van der Waals surface area contributed by atoms with Crippen LogP contribution in [0.5, 0.6) is 0 Å². The first-order valence-corrected chi connectivity index (χ1v) is 11.6. The lowest BCUT2D eigenvalue weighted by molar-refractivity contribution is -0.144. The minimum atomic E-state index is -0.725. The molecule has 1 aromatic rings. The lowest BCUT2D eigenvalue weighted by atomic mass is 9.98. The van der Waals surface area contributed by atoms with E-state index in [1.165, 1.54) is 50.2 Å². The van der Waals surface area contributed by atoms with Gasteiger partial charge in [-0.1, -0.05) is 69.4 Å². The van der Waals surface area contributed by atoms with Crippen LogP contribution in [0.25, 0.3) is 0 Å². The van der Waals surface area contributed by atoms with Gasteiger partial charge in [0.2, 0.25) is 0 Å². The Balaban J connectivity index is 2.43. The first-order valence-electron chi connectivity index (χ1n) is 11.6. The Morgan fingerprint density at radius 3 is 2.30 bits per heavy atom. The number of rotatable bonds is 17. The maximum Gasteiger partial charge on any atom is 0.303 e. The Labute approximate surface area is 182 Å². The monoisotopic (exact) mass is 416 g/mol. The second kappa shape index (κ2) is 16.7. The van der Waals surface area contributed by atoms with Gasteiger partial charge in [0.1, 0.15) is 6.10 Å². The average molecular weight is 417 g/mol. The normalized spacial score (nSPS) is 12.2. The molecule has 0 radical (unpaired) electrons. The summed E-state index contributed by atoms with van der Waals surface area (Å²) >= 11 is 0. The molecule has 0 heterocycles. The molecule has 0 aliphatic carbocycles. The number of aliphatic carboxylic acids is 1. The molecule has 0 aromatic heterocycles. The summed E-state index contributed by atoms with van der Waals surface area (Å²) in [5, 5.41) is 8.77. The Kier molecular flexibility index (Phi) is 14.4. The van der Waals surface area contributed by atoms with Crippen molar-refractivity contribution in [3.8, 4) is 0 Å². The molecule has 0 fully saturated rings. The Hall–Kier alpha value is -2.10. The highest BCUT2D eigenvalue weighted by Gasteiger charge is 2.08. The van der Waals surface area contributed by atoms with Crippen LogP contribution in [-0.2, 0) is 27.2 Å². The third kappa shape index (κ3) is 13.2. The SMILES string of the molecule is CCCCCCCCC(/C=C/CCc1ccccc1CCCCC(=O)O)OC(C)=O. The van der Waals surface area contributed by atoms with E-state index in [9.17, 15) is 9.59 Å². The van der Waals surface area contributed by atoms with E-state index >= 15 is 0 Å². The van der Waals surface area contributed by atoms with Crippen molar-refractivity contribution in [3.05, 3.63) is 47.5 Å². The number of carbonyl (C=O) groups is 2. The van der Waals surface area contributed by atoms with E-state index in [1.807, 2.05) is 12.1 Å². The van der Waals surface area contributed by atoms with Gasteiger partial charge in [-0.3, -0.25) is 9.59 Å². The minimum Gasteiger partial charge on any atom is -0.481 e. The molecular weight excluding hydrogens is 376 g/mol. The largest absolute Gasteiger partial charge is 0.481 e. The summed E-state index contributed by atoms with van der Waals surface area (Å²) in [5.74, 6) is -0.945. The third-order valence-corrected chi connectivity index (χ3v) is 5.30. The highest BCUT2D eigenvalue weighted by Crippen LogP contribution is 2.16. The maximum atomic E-state index is 11.4. The standard InChI is InChI=1S/C26H40O4/c1-3-4-5-6-7-8-19-25(30-22(2)27)20-13-11-17-23-15-9-10-16-24(23)18-12-14-21-26(28)29/h9-10,13,15-16,20,25H,3-8,11-12,14,17-19,21H2,1-2H3,(H,28,29)/b20-13+. The number of esters is 1.